The first-order valence-corrected chi connectivity index (χ1v) is 20.5. The van der Waals surface area contributed by atoms with Crippen LogP contribution in [0.25, 0.3) is 0 Å². The highest BCUT2D eigenvalue weighted by Gasteiger charge is 2.24. The SMILES string of the molecule is COc1ccc(C[C@@H](CO)[C@H](CCCO)Cc2ccc(OC)c(OC)c2)cc1OC.COc1ccc(C[C@H](CO)[C@@H](CCCO)Cc2ccc(OC)c(OC)c2)cc1OC. The third-order valence-electron chi connectivity index (χ3n) is 11.1. The summed E-state index contributed by atoms with van der Waals surface area (Å²) in [5.41, 5.74) is 4.38. The van der Waals surface area contributed by atoms with Crippen molar-refractivity contribution in [2.24, 2.45) is 23.7 Å². The first-order chi connectivity index (χ1) is 29.2. The summed E-state index contributed by atoms with van der Waals surface area (Å²) >= 11 is 0. The highest BCUT2D eigenvalue weighted by atomic mass is 16.5. The van der Waals surface area contributed by atoms with Gasteiger partial charge >= 0.3 is 0 Å². The second-order valence-electron chi connectivity index (χ2n) is 14.7. The van der Waals surface area contributed by atoms with E-state index in [0.29, 0.717) is 71.7 Å². The Morgan fingerprint density at radius 2 is 0.567 bits per heavy atom. The molecule has 0 saturated carbocycles. The fourth-order valence-corrected chi connectivity index (χ4v) is 7.72. The van der Waals surface area contributed by atoms with Gasteiger partial charge in [-0.25, -0.2) is 0 Å². The van der Waals surface area contributed by atoms with Gasteiger partial charge in [-0.05, 0) is 146 Å². The highest BCUT2D eigenvalue weighted by Crippen LogP contribution is 2.35. The van der Waals surface area contributed by atoms with E-state index in [2.05, 4.69) is 0 Å². The fraction of sp³-hybridized carbons (Fsp3) is 0.500. The number of aliphatic hydroxyl groups is 4. The van der Waals surface area contributed by atoms with Gasteiger partial charge in [-0.1, -0.05) is 24.3 Å². The Morgan fingerprint density at radius 1 is 0.333 bits per heavy atom. The van der Waals surface area contributed by atoms with Crippen LogP contribution in [0.1, 0.15) is 47.9 Å². The van der Waals surface area contributed by atoms with Crippen LogP contribution in [0, 0.1) is 23.7 Å². The second kappa shape index (κ2) is 27.1. The van der Waals surface area contributed by atoms with Gasteiger partial charge in [0.1, 0.15) is 0 Å². The molecular weight excluding hydrogens is 769 g/mol. The maximum atomic E-state index is 10.2. The number of rotatable bonds is 26. The van der Waals surface area contributed by atoms with Crippen molar-refractivity contribution in [2.75, 3.05) is 83.3 Å². The average Bonchev–Trinajstić information content (AvgIpc) is 3.29. The van der Waals surface area contributed by atoms with Crippen molar-refractivity contribution in [1.29, 1.82) is 0 Å². The van der Waals surface area contributed by atoms with Gasteiger partial charge in [-0.3, -0.25) is 0 Å². The van der Waals surface area contributed by atoms with Gasteiger partial charge in [-0.15, -0.1) is 0 Å². The first-order valence-electron chi connectivity index (χ1n) is 20.5. The van der Waals surface area contributed by atoms with Gasteiger partial charge in [0.05, 0.1) is 56.9 Å². The van der Waals surface area contributed by atoms with Crippen LogP contribution in [-0.2, 0) is 25.7 Å². The maximum absolute atomic E-state index is 10.2. The van der Waals surface area contributed by atoms with Gasteiger partial charge < -0.3 is 58.3 Å². The molecule has 0 bridgehead atoms. The minimum absolute atomic E-state index is 0.0442. The summed E-state index contributed by atoms with van der Waals surface area (Å²) in [6, 6.07) is 23.5. The lowest BCUT2D eigenvalue weighted by molar-refractivity contribution is 0.158. The van der Waals surface area contributed by atoms with E-state index in [4.69, 9.17) is 37.9 Å². The summed E-state index contributed by atoms with van der Waals surface area (Å²) in [6.07, 6.45) is 6.01. The fourth-order valence-electron chi connectivity index (χ4n) is 7.72. The molecule has 0 aliphatic rings. The lowest BCUT2D eigenvalue weighted by atomic mass is 9.80. The molecule has 4 N–H and O–H groups in total. The molecular formula is C48H68O12. The van der Waals surface area contributed by atoms with E-state index in [1.165, 1.54) is 0 Å². The molecule has 60 heavy (non-hydrogen) atoms. The molecule has 332 valence electrons. The zero-order chi connectivity index (χ0) is 43.9. The van der Waals surface area contributed by atoms with Gasteiger partial charge in [0.25, 0.3) is 0 Å². The number of benzene rings is 4. The first kappa shape index (κ1) is 49.5. The van der Waals surface area contributed by atoms with Crippen molar-refractivity contribution in [3.63, 3.8) is 0 Å². The molecule has 0 unspecified atom stereocenters. The third-order valence-corrected chi connectivity index (χ3v) is 11.1. The van der Waals surface area contributed by atoms with Crippen molar-refractivity contribution in [3.8, 4) is 46.0 Å². The largest absolute Gasteiger partial charge is 0.493 e. The molecule has 0 fully saturated rings. The highest BCUT2D eigenvalue weighted by molar-refractivity contribution is 5.45. The summed E-state index contributed by atoms with van der Waals surface area (Å²) in [5, 5.41) is 39.1. The third kappa shape index (κ3) is 14.7. The van der Waals surface area contributed by atoms with Gasteiger partial charge in [0.15, 0.2) is 46.0 Å². The quantitative estimate of drug-likeness (QED) is 0.0515. The Bertz CT molecular complexity index is 1680. The Balaban J connectivity index is 0.000000320. The van der Waals surface area contributed by atoms with Crippen LogP contribution in [0.3, 0.4) is 0 Å². The molecule has 4 aromatic carbocycles. The number of ether oxygens (including phenoxy) is 8. The monoisotopic (exact) mass is 836 g/mol. The lowest BCUT2D eigenvalue weighted by Gasteiger charge is -2.26. The molecule has 0 aliphatic carbocycles. The summed E-state index contributed by atoms with van der Waals surface area (Å²) in [7, 11) is 12.9. The predicted octanol–water partition coefficient (Wildman–Crippen LogP) is 7.01. The summed E-state index contributed by atoms with van der Waals surface area (Å²) in [6.45, 7) is 0.406. The molecule has 0 amide bonds. The van der Waals surface area contributed by atoms with Crippen LogP contribution in [-0.4, -0.2) is 104 Å². The second-order valence-corrected chi connectivity index (χ2v) is 14.7. The van der Waals surface area contributed by atoms with Gasteiger partial charge in [-0.2, -0.15) is 0 Å². The molecule has 0 spiro atoms. The van der Waals surface area contributed by atoms with Gasteiger partial charge in [0, 0.05) is 26.4 Å². The summed E-state index contributed by atoms with van der Waals surface area (Å²) < 4.78 is 43.0. The van der Waals surface area contributed by atoms with E-state index >= 15 is 0 Å². The minimum atomic E-state index is 0.0442. The number of hydrogen-bond donors (Lipinski definition) is 4. The van der Waals surface area contributed by atoms with Crippen LogP contribution >= 0.6 is 0 Å². The molecule has 4 rings (SSSR count). The van der Waals surface area contributed by atoms with Crippen molar-refractivity contribution < 1.29 is 58.3 Å². The molecule has 4 aromatic rings. The summed E-state index contributed by atoms with van der Waals surface area (Å²) in [4.78, 5) is 0. The van der Waals surface area contributed by atoms with Gasteiger partial charge in [0.2, 0.25) is 0 Å². The van der Waals surface area contributed by atoms with Crippen molar-refractivity contribution in [2.45, 2.75) is 51.4 Å². The summed E-state index contributed by atoms with van der Waals surface area (Å²) in [5.74, 6) is 5.99. The van der Waals surface area contributed by atoms with Crippen LogP contribution in [0.2, 0.25) is 0 Å². The van der Waals surface area contributed by atoms with Crippen LogP contribution in [0.5, 0.6) is 46.0 Å². The average molecular weight is 837 g/mol. The van der Waals surface area contributed by atoms with Crippen LogP contribution in [0.4, 0.5) is 0 Å². The predicted molar refractivity (Wildman–Crippen MR) is 234 cm³/mol. The van der Waals surface area contributed by atoms with Crippen molar-refractivity contribution in [1.82, 2.24) is 0 Å². The van der Waals surface area contributed by atoms with E-state index in [9.17, 15) is 20.4 Å². The smallest absolute Gasteiger partial charge is 0.160 e. The molecule has 0 heterocycles. The zero-order valence-electron chi connectivity index (χ0n) is 36.8. The van der Waals surface area contributed by atoms with E-state index in [-0.39, 0.29) is 50.1 Å². The molecule has 0 aromatic heterocycles. The molecule has 4 atom stereocenters. The van der Waals surface area contributed by atoms with Crippen molar-refractivity contribution >= 4 is 0 Å². The Kier molecular flexibility index (Phi) is 22.3. The van der Waals surface area contributed by atoms with E-state index < -0.39 is 0 Å². The van der Waals surface area contributed by atoms with E-state index in [0.717, 1.165) is 47.9 Å². The Labute approximate surface area is 356 Å². The molecule has 0 radical (unpaired) electrons. The van der Waals surface area contributed by atoms with Crippen LogP contribution < -0.4 is 37.9 Å². The Morgan fingerprint density at radius 3 is 0.767 bits per heavy atom. The van der Waals surface area contributed by atoms with E-state index in [1.54, 1.807) is 56.9 Å². The normalized spacial score (nSPS) is 12.9. The maximum Gasteiger partial charge on any atom is 0.160 e. The molecule has 12 nitrogen and oxygen atoms in total. The molecule has 0 saturated heterocycles. The number of hydrogen-bond acceptors (Lipinski definition) is 12. The zero-order valence-corrected chi connectivity index (χ0v) is 36.8. The topological polar surface area (TPSA) is 155 Å². The van der Waals surface area contributed by atoms with E-state index in [1.807, 2.05) is 72.8 Å². The number of aliphatic hydroxyl groups excluding tert-OH is 4. The minimum Gasteiger partial charge on any atom is -0.493 e. The standard InChI is InChI=1S/2C24H34O6/c2*1-27-21-9-7-17(14-23(21)29-3)12-19(6-5-11-25)20(16-26)13-18-8-10-22(28-2)24(15-18)30-4/h2*7-10,14-15,19-20,25-26H,5-6,11-13,16H2,1-4H3/t2*19-,20+/m10/s1. The Hall–Kier alpha value is -4.88. The van der Waals surface area contributed by atoms with Crippen molar-refractivity contribution in [3.05, 3.63) is 95.1 Å². The molecule has 12 heteroatoms. The molecule has 0 aliphatic heterocycles. The lowest BCUT2D eigenvalue weighted by Crippen LogP contribution is -2.23. The number of methoxy groups -OCH3 is 8. The van der Waals surface area contributed by atoms with Crippen LogP contribution in [0.15, 0.2) is 72.8 Å².